The molecule has 0 atom stereocenters. The topological polar surface area (TPSA) is 43.4 Å². The molecule has 4 nitrogen and oxygen atoms in total. The van der Waals surface area contributed by atoms with Gasteiger partial charge >= 0.3 is 0 Å². The smallest absolute Gasteiger partial charge is 0.142 e. The van der Waals surface area contributed by atoms with E-state index in [1.54, 1.807) is 19.5 Å². The summed E-state index contributed by atoms with van der Waals surface area (Å²) < 4.78 is 10.6. The van der Waals surface area contributed by atoms with Gasteiger partial charge in [0.1, 0.15) is 12.4 Å². The predicted molar refractivity (Wildman–Crippen MR) is 68.2 cm³/mol. The molecule has 0 aliphatic rings. The molecule has 0 fully saturated rings. The SMILES string of the molecule is COCCOc1cnccc1CNC(C)(C)C. The van der Waals surface area contributed by atoms with E-state index < -0.39 is 0 Å². The van der Waals surface area contributed by atoms with E-state index in [-0.39, 0.29) is 5.54 Å². The van der Waals surface area contributed by atoms with Crippen molar-refractivity contribution in [2.24, 2.45) is 0 Å². The maximum atomic E-state index is 5.62. The van der Waals surface area contributed by atoms with Gasteiger partial charge in [0, 0.05) is 31.0 Å². The molecule has 96 valence electrons. The van der Waals surface area contributed by atoms with E-state index in [4.69, 9.17) is 9.47 Å². The third kappa shape index (κ3) is 5.65. The summed E-state index contributed by atoms with van der Waals surface area (Å²) in [6.07, 6.45) is 3.53. The van der Waals surface area contributed by atoms with E-state index >= 15 is 0 Å². The van der Waals surface area contributed by atoms with Crippen molar-refractivity contribution in [1.82, 2.24) is 10.3 Å². The molecule has 0 saturated heterocycles. The summed E-state index contributed by atoms with van der Waals surface area (Å²) in [7, 11) is 1.66. The minimum Gasteiger partial charge on any atom is -0.489 e. The zero-order valence-electron chi connectivity index (χ0n) is 11.1. The Labute approximate surface area is 103 Å². The number of nitrogens with one attached hydrogen (secondary N) is 1. The number of hydrogen-bond donors (Lipinski definition) is 1. The van der Waals surface area contributed by atoms with Crippen LogP contribution >= 0.6 is 0 Å². The Kier molecular flexibility index (Phi) is 5.38. The third-order valence-corrected chi connectivity index (χ3v) is 2.22. The molecule has 0 aliphatic carbocycles. The number of aromatic nitrogens is 1. The Morgan fingerprint density at radius 2 is 2.06 bits per heavy atom. The maximum absolute atomic E-state index is 5.62. The zero-order chi connectivity index (χ0) is 12.7. The summed E-state index contributed by atoms with van der Waals surface area (Å²) in [6, 6.07) is 1.97. The Hall–Kier alpha value is -1.13. The van der Waals surface area contributed by atoms with Crippen LogP contribution in [-0.2, 0) is 11.3 Å². The molecule has 0 spiro atoms. The molecule has 0 aliphatic heterocycles. The molecule has 0 amide bonds. The molecule has 0 bridgehead atoms. The van der Waals surface area contributed by atoms with Gasteiger partial charge in [-0.2, -0.15) is 0 Å². The minimum absolute atomic E-state index is 0.0903. The molecular formula is C13H22N2O2. The highest BCUT2D eigenvalue weighted by atomic mass is 16.5. The highest BCUT2D eigenvalue weighted by Gasteiger charge is 2.10. The van der Waals surface area contributed by atoms with Crippen LogP contribution in [0.2, 0.25) is 0 Å². The van der Waals surface area contributed by atoms with E-state index in [0.29, 0.717) is 13.2 Å². The van der Waals surface area contributed by atoms with Gasteiger partial charge in [0.2, 0.25) is 0 Å². The maximum Gasteiger partial charge on any atom is 0.142 e. The van der Waals surface area contributed by atoms with Crippen LogP contribution in [0.3, 0.4) is 0 Å². The lowest BCUT2D eigenvalue weighted by Crippen LogP contribution is -2.35. The van der Waals surface area contributed by atoms with Crippen LogP contribution < -0.4 is 10.1 Å². The van der Waals surface area contributed by atoms with Crippen LogP contribution in [0.25, 0.3) is 0 Å². The third-order valence-electron chi connectivity index (χ3n) is 2.22. The van der Waals surface area contributed by atoms with Crippen molar-refractivity contribution >= 4 is 0 Å². The van der Waals surface area contributed by atoms with Crippen LogP contribution in [-0.4, -0.2) is 30.8 Å². The van der Waals surface area contributed by atoms with Gasteiger partial charge in [-0.1, -0.05) is 0 Å². The Bertz CT molecular complexity index is 334. The van der Waals surface area contributed by atoms with E-state index in [9.17, 15) is 0 Å². The van der Waals surface area contributed by atoms with Gasteiger partial charge < -0.3 is 14.8 Å². The van der Waals surface area contributed by atoms with Gasteiger partial charge in [-0.15, -0.1) is 0 Å². The standard InChI is InChI=1S/C13H22N2O2/c1-13(2,3)15-9-11-5-6-14-10-12(11)17-8-7-16-4/h5-6,10,15H,7-9H2,1-4H3. The summed E-state index contributed by atoms with van der Waals surface area (Å²) >= 11 is 0. The van der Waals surface area contributed by atoms with E-state index in [2.05, 4.69) is 31.1 Å². The first kappa shape index (κ1) is 13.9. The van der Waals surface area contributed by atoms with Crippen LogP contribution in [0, 0.1) is 0 Å². The minimum atomic E-state index is 0.0903. The normalized spacial score (nSPS) is 11.5. The second-order valence-corrected chi connectivity index (χ2v) is 4.93. The van der Waals surface area contributed by atoms with Crippen molar-refractivity contribution < 1.29 is 9.47 Å². The molecule has 1 aromatic rings. The molecule has 1 heterocycles. The largest absolute Gasteiger partial charge is 0.489 e. The molecule has 1 aromatic heterocycles. The Balaban J connectivity index is 2.58. The van der Waals surface area contributed by atoms with E-state index in [1.807, 2.05) is 6.07 Å². The molecular weight excluding hydrogens is 216 g/mol. The molecule has 1 N–H and O–H groups in total. The number of methoxy groups -OCH3 is 1. The molecule has 17 heavy (non-hydrogen) atoms. The first-order chi connectivity index (χ1) is 8.03. The number of pyridine rings is 1. The molecule has 0 radical (unpaired) electrons. The van der Waals surface area contributed by atoms with Crippen LogP contribution in [0.15, 0.2) is 18.5 Å². The fourth-order valence-electron chi connectivity index (χ4n) is 1.28. The van der Waals surface area contributed by atoms with E-state index in [1.165, 1.54) is 0 Å². The van der Waals surface area contributed by atoms with Gasteiger partial charge in [0.05, 0.1) is 12.8 Å². The van der Waals surface area contributed by atoms with Gasteiger partial charge in [-0.25, -0.2) is 0 Å². The van der Waals surface area contributed by atoms with Crippen molar-refractivity contribution in [3.63, 3.8) is 0 Å². The fourth-order valence-corrected chi connectivity index (χ4v) is 1.28. The number of ether oxygens (including phenoxy) is 2. The average Bonchev–Trinajstić information content (AvgIpc) is 2.27. The number of rotatable bonds is 6. The van der Waals surface area contributed by atoms with Crippen molar-refractivity contribution in [1.29, 1.82) is 0 Å². The lowest BCUT2D eigenvalue weighted by atomic mass is 10.1. The van der Waals surface area contributed by atoms with Crippen molar-refractivity contribution in [3.8, 4) is 5.75 Å². The lowest BCUT2D eigenvalue weighted by Gasteiger charge is -2.21. The fraction of sp³-hybridized carbons (Fsp3) is 0.615. The second kappa shape index (κ2) is 6.57. The van der Waals surface area contributed by atoms with Crippen LogP contribution in [0.4, 0.5) is 0 Å². The van der Waals surface area contributed by atoms with Gasteiger partial charge in [0.25, 0.3) is 0 Å². The quantitative estimate of drug-likeness (QED) is 0.770. The number of hydrogen-bond acceptors (Lipinski definition) is 4. The second-order valence-electron chi connectivity index (χ2n) is 4.93. The molecule has 0 aromatic carbocycles. The van der Waals surface area contributed by atoms with Crippen molar-refractivity contribution in [2.45, 2.75) is 32.9 Å². The first-order valence-corrected chi connectivity index (χ1v) is 5.82. The molecule has 4 heteroatoms. The summed E-state index contributed by atoms with van der Waals surface area (Å²) in [4.78, 5) is 4.07. The summed E-state index contributed by atoms with van der Waals surface area (Å²) in [5, 5.41) is 3.43. The highest BCUT2D eigenvalue weighted by Crippen LogP contribution is 2.17. The molecule has 0 saturated carbocycles. The summed E-state index contributed by atoms with van der Waals surface area (Å²) in [6.45, 7) is 8.32. The first-order valence-electron chi connectivity index (χ1n) is 5.82. The molecule has 0 unspecified atom stereocenters. The van der Waals surface area contributed by atoms with E-state index in [0.717, 1.165) is 17.9 Å². The summed E-state index contributed by atoms with van der Waals surface area (Å²) in [5.41, 5.74) is 1.21. The predicted octanol–water partition coefficient (Wildman–Crippen LogP) is 1.99. The van der Waals surface area contributed by atoms with Gasteiger partial charge in [0.15, 0.2) is 0 Å². The van der Waals surface area contributed by atoms with Crippen LogP contribution in [0.1, 0.15) is 26.3 Å². The van der Waals surface area contributed by atoms with Gasteiger partial charge in [-0.3, -0.25) is 4.98 Å². The summed E-state index contributed by atoms with van der Waals surface area (Å²) in [5.74, 6) is 0.821. The highest BCUT2D eigenvalue weighted by molar-refractivity contribution is 5.29. The molecule has 1 rings (SSSR count). The van der Waals surface area contributed by atoms with Crippen molar-refractivity contribution in [2.75, 3.05) is 20.3 Å². The lowest BCUT2D eigenvalue weighted by molar-refractivity contribution is 0.145. The Morgan fingerprint density at radius 1 is 1.29 bits per heavy atom. The zero-order valence-corrected chi connectivity index (χ0v) is 11.1. The monoisotopic (exact) mass is 238 g/mol. The average molecular weight is 238 g/mol. The van der Waals surface area contributed by atoms with Crippen LogP contribution in [0.5, 0.6) is 5.75 Å². The Morgan fingerprint density at radius 3 is 2.71 bits per heavy atom. The van der Waals surface area contributed by atoms with Gasteiger partial charge in [-0.05, 0) is 26.8 Å². The number of nitrogens with zero attached hydrogens (tertiary/aromatic N) is 1. The van der Waals surface area contributed by atoms with Crippen molar-refractivity contribution in [3.05, 3.63) is 24.0 Å².